The van der Waals surface area contributed by atoms with E-state index in [2.05, 4.69) is 0 Å². The maximum Gasteiger partial charge on any atom is 0.229 e. The Hall–Kier alpha value is -1.06. The molecule has 0 aliphatic carbocycles. The number of carbonyl (C=O) groups excluding carboxylic acids is 2. The van der Waals surface area contributed by atoms with Crippen LogP contribution in [0.1, 0.15) is 32.6 Å². The minimum Gasteiger partial charge on any atom is -0.342 e. The normalized spacial score (nSPS) is 22.6. The van der Waals surface area contributed by atoms with Gasteiger partial charge in [0.05, 0.1) is 5.92 Å². The Bertz CT molecular complexity index is 277. The highest BCUT2D eigenvalue weighted by molar-refractivity contribution is 5.83. The third kappa shape index (κ3) is 2.36. The Labute approximate surface area is 96.6 Å². The lowest BCUT2D eigenvalue weighted by Crippen LogP contribution is -2.56. The molecular weight excluding hydrogens is 204 g/mol. The van der Waals surface area contributed by atoms with Crippen molar-refractivity contribution in [2.45, 2.75) is 32.6 Å². The van der Waals surface area contributed by atoms with Gasteiger partial charge in [0.1, 0.15) is 0 Å². The molecule has 0 N–H and O–H groups in total. The number of hydrogen-bond acceptors (Lipinski definition) is 2. The molecule has 2 saturated heterocycles. The third-order valence-corrected chi connectivity index (χ3v) is 3.59. The summed E-state index contributed by atoms with van der Waals surface area (Å²) in [5, 5.41) is 0. The van der Waals surface area contributed by atoms with Crippen molar-refractivity contribution in [3.63, 3.8) is 0 Å². The van der Waals surface area contributed by atoms with E-state index in [-0.39, 0.29) is 17.7 Å². The molecule has 0 aromatic heterocycles. The lowest BCUT2D eigenvalue weighted by molar-refractivity contribution is -0.147. The van der Waals surface area contributed by atoms with Crippen LogP contribution >= 0.6 is 0 Å². The Morgan fingerprint density at radius 2 is 1.50 bits per heavy atom. The predicted octanol–water partition coefficient (Wildman–Crippen LogP) is 0.867. The summed E-state index contributed by atoms with van der Waals surface area (Å²) in [5.41, 5.74) is 0. The van der Waals surface area contributed by atoms with E-state index in [4.69, 9.17) is 0 Å². The molecule has 0 radical (unpaired) electrons. The second kappa shape index (κ2) is 4.85. The highest BCUT2D eigenvalue weighted by atomic mass is 16.2. The second-order valence-corrected chi connectivity index (χ2v) is 4.86. The monoisotopic (exact) mass is 224 g/mol. The van der Waals surface area contributed by atoms with Crippen molar-refractivity contribution < 1.29 is 9.59 Å². The van der Waals surface area contributed by atoms with Gasteiger partial charge in [-0.05, 0) is 12.8 Å². The molecular formula is C12H20N2O2. The van der Waals surface area contributed by atoms with Crippen LogP contribution in [-0.2, 0) is 9.59 Å². The Balaban J connectivity index is 1.81. The molecule has 4 heteroatoms. The van der Waals surface area contributed by atoms with Crippen LogP contribution in [0.3, 0.4) is 0 Å². The van der Waals surface area contributed by atoms with Gasteiger partial charge in [-0.2, -0.15) is 0 Å². The highest BCUT2D eigenvalue weighted by Crippen LogP contribution is 2.20. The molecule has 0 aromatic rings. The largest absolute Gasteiger partial charge is 0.342 e. The van der Waals surface area contributed by atoms with E-state index < -0.39 is 0 Å². The van der Waals surface area contributed by atoms with Gasteiger partial charge in [-0.25, -0.2) is 0 Å². The third-order valence-electron chi connectivity index (χ3n) is 3.59. The van der Waals surface area contributed by atoms with Crippen molar-refractivity contribution >= 4 is 11.8 Å². The van der Waals surface area contributed by atoms with Crippen LogP contribution in [0, 0.1) is 5.92 Å². The molecule has 0 spiro atoms. The van der Waals surface area contributed by atoms with Crippen molar-refractivity contribution in [1.29, 1.82) is 0 Å². The predicted molar refractivity (Wildman–Crippen MR) is 60.8 cm³/mol. The summed E-state index contributed by atoms with van der Waals surface area (Å²) >= 11 is 0. The van der Waals surface area contributed by atoms with E-state index in [0.717, 1.165) is 25.9 Å². The molecule has 2 heterocycles. The van der Waals surface area contributed by atoms with Crippen LogP contribution in [-0.4, -0.2) is 47.8 Å². The van der Waals surface area contributed by atoms with Gasteiger partial charge >= 0.3 is 0 Å². The average Bonchev–Trinajstić information content (AvgIpc) is 2.42. The number of hydrogen-bond donors (Lipinski definition) is 0. The molecule has 2 aliphatic rings. The lowest BCUT2D eigenvalue weighted by atomic mass is 9.98. The summed E-state index contributed by atoms with van der Waals surface area (Å²) in [4.78, 5) is 26.8. The molecule has 4 nitrogen and oxygen atoms in total. The standard InChI is InChI=1S/C12H20N2O2/c1-10(15)14-8-11(9-14)12(16)13-6-4-2-3-5-7-13/h11H,2-9H2,1H3. The SMILES string of the molecule is CC(=O)N1CC(C(=O)N2CCCCCC2)C1. The zero-order valence-corrected chi connectivity index (χ0v) is 9.95. The minimum absolute atomic E-state index is 0.0713. The zero-order valence-electron chi connectivity index (χ0n) is 9.95. The summed E-state index contributed by atoms with van der Waals surface area (Å²) < 4.78 is 0. The smallest absolute Gasteiger partial charge is 0.229 e. The molecule has 2 amide bonds. The van der Waals surface area contributed by atoms with E-state index in [1.807, 2.05) is 4.90 Å². The van der Waals surface area contributed by atoms with Crippen molar-refractivity contribution in [3.8, 4) is 0 Å². The van der Waals surface area contributed by atoms with Crippen molar-refractivity contribution in [2.24, 2.45) is 5.92 Å². The Morgan fingerprint density at radius 3 is 2.00 bits per heavy atom. The van der Waals surface area contributed by atoms with Crippen LogP contribution < -0.4 is 0 Å². The number of rotatable bonds is 1. The summed E-state index contributed by atoms with van der Waals surface area (Å²) in [5.74, 6) is 0.418. The van der Waals surface area contributed by atoms with Gasteiger partial charge in [0.2, 0.25) is 11.8 Å². The molecule has 0 saturated carbocycles. The van der Waals surface area contributed by atoms with Gasteiger partial charge in [0, 0.05) is 33.1 Å². The van der Waals surface area contributed by atoms with E-state index in [1.165, 1.54) is 12.8 Å². The topological polar surface area (TPSA) is 40.6 Å². The first-order valence-corrected chi connectivity index (χ1v) is 6.23. The first-order valence-electron chi connectivity index (χ1n) is 6.23. The van der Waals surface area contributed by atoms with Crippen molar-refractivity contribution in [1.82, 2.24) is 9.80 Å². The molecule has 2 rings (SSSR count). The molecule has 2 fully saturated rings. The highest BCUT2D eigenvalue weighted by Gasteiger charge is 2.36. The van der Waals surface area contributed by atoms with E-state index in [1.54, 1.807) is 11.8 Å². The maximum atomic E-state index is 12.1. The van der Waals surface area contributed by atoms with Gasteiger partial charge in [-0.1, -0.05) is 12.8 Å². The first kappa shape index (κ1) is 11.4. The van der Waals surface area contributed by atoms with Crippen LogP contribution in [0.15, 0.2) is 0 Å². The first-order chi connectivity index (χ1) is 7.68. The van der Waals surface area contributed by atoms with Crippen LogP contribution in [0.5, 0.6) is 0 Å². The number of likely N-dealkylation sites (tertiary alicyclic amines) is 2. The van der Waals surface area contributed by atoms with Gasteiger partial charge in [-0.15, -0.1) is 0 Å². The van der Waals surface area contributed by atoms with Gasteiger partial charge < -0.3 is 9.80 Å². The molecule has 90 valence electrons. The molecule has 2 aliphatic heterocycles. The van der Waals surface area contributed by atoms with Gasteiger partial charge in [0.15, 0.2) is 0 Å². The Morgan fingerprint density at radius 1 is 0.938 bits per heavy atom. The molecule has 0 bridgehead atoms. The quantitative estimate of drug-likeness (QED) is 0.663. The molecule has 16 heavy (non-hydrogen) atoms. The fourth-order valence-corrected chi connectivity index (χ4v) is 2.44. The summed E-state index contributed by atoms with van der Waals surface area (Å²) in [6.07, 6.45) is 4.76. The van der Waals surface area contributed by atoms with Gasteiger partial charge in [-0.3, -0.25) is 9.59 Å². The number of amides is 2. The fourth-order valence-electron chi connectivity index (χ4n) is 2.44. The number of carbonyl (C=O) groups is 2. The zero-order chi connectivity index (χ0) is 11.5. The van der Waals surface area contributed by atoms with E-state index in [9.17, 15) is 9.59 Å². The summed E-state index contributed by atoms with van der Waals surface area (Å²) in [6, 6.07) is 0. The summed E-state index contributed by atoms with van der Waals surface area (Å²) in [7, 11) is 0. The van der Waals surface area contributed by atoms with E-state index in [0.29, 0.717) is 13.1 Å². The van der Waals surface area contributed by atoms with Crippen molar-refractivity contribution in [3.05, 3.63) is 0 Å². The van der Waals surface area contributed by atoms with Crippen LogP contribution in [0.4, 0.5) is 0 Å². The van der Waals surface area contributed by atoms with Crippen LogP contribution in [0.25, 0.3) is 0 Å². The Kier molecular flexibility index (Phi) is 3.46. The molecule has 0 aromatic carbocycles. The number of nitrogens with zero attached hydrogens (tertiary/aromatic N) is 2. The second-order valence-electron chi connectivity index (χ2n) is 4.86. The molecule has 0 unspecified atom stereocenters. The van der Waals surface area contributed by atoms with Crippen molar-refractivity contribution in [2.75, 3.05) is 26.2 Å². The maximum absolute atomic E-state index is 12.1. The lowest BCUT2D eigenvalue weighted by Gasteiger charge is -2.39. The average molecular weight is 224 g/mol. The van der Waals surface area contributed by atoms with Gasteiger partial charge in [0.25, 0.3) is 0 Å². The van der Waals surface area contributed by atoms with E-state index >= 15 is 0 Å². The minimum atomic E-state index is 0.0713. The fraction of sp³-hybridized carbons (Fsp3) is 0.833. The van der Waals surface area contributed by atoms with Crippen LogP contribution in [0.2, 0.25) is 0 Å². The summed E-state index contributed by atoms with van der Waals surface area (Å²) in [6.45, 7) is 4.65. The molecule has 0 atom stereocenters.